The summed E-state index contributed by atoms with van der Waals surface area (Å²) in [5.74, 6) is -0.350. The molecule has 0 heterocycles. The summed E-state index contributed by atoms with van der Waals surface area (Å²) in [4.78, 5) is 21.4. The summed E-state index contributed by atoms with van der Waals surface area (Å²) >= 11 is 0. The first-order valence-electron chi connectivity index (χ1n) is 6.40. The molecule has 1 aromatic carbocycles. The van der Waals surface area contributed by atoms with Crippen LogP contribution in [0.3, 0.4) is 0 Å². The number of nitrogens with zero attached hydrogens (tertiary/aromatic N) is 1. The van der Waals surface area contributed by atoms with Crippen molar-refractivity contribution < 1.29 is 14.5 Å². The topological polar surface area (TPSA) is 69.4 Å². The third-order valence-corrected chi connectivity index (χ3v) is 2.42. The summed E-state index contributed by atoms with van der Waals surface area (Å²) in [5.41, 5.74) is 1.01. The van der Waals surface area contributed by atoms with E-state index < -0.39 is 10.5 Å². The average molecular weight is 277 g/mol. The van der Waals surface area contributed by atoms with Crippen LogP contribution >= 0.6 is 0 Å². The van der Waals surface area contributed by atoms with Crippen LogP contribution in [0.1, 0.15) is 43.1 Å². The van der Waals surface area contributed by atoms with Gasteiger partial charge >= 0.3 is 5.97 Å². The highest BCUT2D eigenvalue weighted by molar-refractivity contribution is 5.89. The molecule has 108 valence electrons. The standard InChI is InChI=1S/C15H19NO4/c1-15(2,3)20-14(17)13-9-7-12(8-10-13)6-4-5-11-16(18)19/h5,7-11H,4,6H2,1-3H3/b11-5+. The zero-order chi connectivity index (χ0) is 15.2. The molecule has 0 atom stereocenters. The van der Waals surface area contributed by atoms with Gasteiger partial charge in [-0.05, 0) is 57.4 Å². The Morgan fingerprint density at radius 2 is 1.90 bits per heavy atom. The van der Waals surface area contributed by atoms with E-state index in [2.05, 4.69) is 0 Å². The lowest BCUT2D eigenvalue weighted by atomic mass is 10.1. The van der Waals surface area contributed by atoms with Crippen molar-refractivity contribution in [1.82, 2.24) is 0 Å². The van der Waals surface area contributed by atoms with Crippen LogP contribution in [-0.4, -0.2) is 16.5 Å². The molecule has 0 unspecified atom stereocenters. The Kier molecular flexibility index (Phi) is 5.43. The van der Waals surface area contributed by atoms with Crippen LogP contribution in [0.2, 0.25) is 0 Å². The molecule has 0 saturated carbocycles. The smallest absolute Gasteiger partial charge is 0.338 e. The first kappa shape index (κ1) is 15.9. The van der Waals surface area contributed by atoms with Crippen LogP contribution in [0.5, 0.6) is 0 Å². The van der Waals surface area contributed by atoms with Crippen LogP contribution in [0.4, 0.5) is 0 Å². The second kappa shape index (κ2) is 6.84. The normalized spacial score (nSPS) is 11.6. The zero-order valence-electron chi connectivity index (χ0n) is 12.0. The van der Waals surface area contributed by atoms with E-state index in [4.69, 9.17) is 4.74 Å². The maximum atomic E-state index is 11.8. The molecule has 0 aliphatic heterocycles. The van der Waals surface area contributed by atoms with Gasteiger partial charge in [0, 0.05) is 0 Å². The monoisotopic (exact) mass is 277 g/mol. The van der Waals surface area contributed by atoms with Gasteiger partial charge in [-0.1, -0.05) is 12.1 Å². The number of carbonyl (C=O) groups excluding carboxylic acids is 1. The molecule has 0 N–H and O–H groups in total. The Labute approximate surface area is 118 Å². The van der Waals surface area contributed by atoms with Crippen molar-refractivity contribution in [3.8, 4) is 0 Å². The number of carbonyl (C=O) groups is 1. The Morgan fingerprint density at radius 1 is 1.30 bits per heavy atom. The van der Waals surface area contributed by atoms with Crippen molar-refractivity contribution in [3.63, 3.8) is 0 Å². The van der Waals surface area contributed by atoms with Crippen LogP contribution in [-0.2, 0) is 11.2 Å². The molecule has 0 aliphatic carbocycles. The molecule has 1 rings (SSSR count). The number of rotatable bonds is 5. The molecule has 20 heavy (non-hydrogen) atoms. The Morgan fingerprint density at radius 3 is 2.40 bits per heavy atom. The van der Waals surface area contributed by atoms with Crippen molar-refractivity contribution in [1.29, 1.82) is 0 Å². The lowest BCUT2D eigenvalue weighted by Gasteiger charge is -2.19. The molecule has 0 fully saturated rings. The first-order valence-corrected chi connectivity index (χ1v) is 6.40. The molecule has 0 bridgehead atoms. The molecule has 5 heteroatoms. The molecule has 5 nitrogen and oxygen atoms in total. The van der Waals surface area contributed by atoms with E-state index in [0.29, 0.717) is 18.4 Å². The van der Waals surface area contributed by atoms with Crippen LogP contribution < -0.4 is 0 Å². The first-order chi connectivity index (χ1) is 9.28. The number of aryl methyl sites for hydroxylation is 1. The SMILES string of the molecule is CC(C)(C)OC(=O)c1ccc(CC/C=C/[N+](=O)[O-])cc1. The van der Waals surface area contributed by atoms with Gasteiger partial charge in [0.1, 0.15) is 5.60 Å². The lowest BCUT2D eigenvalue weighted by molar-refractivity contribution is -0.402. The summed E-state index contributed by atoms with van der Waals surface area (Å²) in [6.07, 6.45) is 3.74. The zero-order valence-corrected chi connectivity index (χ0v) is 12.0. The van der Waals surface area contributed by atoms with Gasteiger partial charge in [-0.2, -0.15) is 0 Å². The third kappa shape index (κ3) is 6.13. The van der Waals surface area contributed by atoms with Crippen LogP contribution in [0.15, 0.2) is 36.5 Å². The summed E-state index contributed by atoms with van der Waals surface area (Å²) < 4.78 is 5.26. The number of nitro groups is 1. The molecule has 0 aromatic heterocycles. The number of hydrogen-bond donors (Lipinski definition) is 0. The molecule has 0 amide bonds. The van der Waals surface area contributed by atoms with Gasteiger partial charge in [-0.3, -0.25) is 10.1 Å². The fraction of sp³-hybridized carbons (Fsp3) is 0.400. The van der Waals surface area contributed by atoms with E-state index in [1.165, 1.54) is 6.08 Å². The van der Waals surface area contributed by atoms with Gasteiger partial charge in [0.15, 0.2) is 0 Å². The van der Waals surface area contributed by atoms with Crippen molar-refractivity contribution in [2.24, 2.45) is 0 Å². The average Bonchev–Trinajstić information content (AvgIpc) is 2.33. The highest BCUT2D eigenvalue weighted by Crippen LogP contribution is 2.13. The molecule has 0 saturated heterocycles. The van der Waals surface area contributed by atoms with E-state index >= 15 is 0 Å². The fourth-order valence-electron chi connectivity index (χ4n) is 1.56. The van der Waals surface area contributed by atoms with Gasteiger partial charge < -0.3 is 4.74 Å². The second-order valence-corrected chi connectivity index (χ2v) is 5.41. The summed E-state index contributed by atoms with van der Waals surface area (Å²) in [5, 5.41) is 10.1. The van der Waals surface area contributed by atoms with E-state index in [9.17, 15) is 14.9 Å². The van der Waals surface area contributed by atoms with E-state index in [1.807, 2.05) is 32.9 Å². The predicted octanol–water partition coefficient (Wildman–Crippen LogP) is 3.36. The molecular weight excluding hydrogens is 258 g/mol. The number of esters is 1. The van der Waals surface area contributed by atoms with Gasteiger partial charge in [-0.15, -0.1) is 0 Å². The summed E-state index contributed by atoms with van der Waals surface area (Å²) in [7, 11) is 0. The predicted molar refractivity (Wildman–Crippen MR) is 76.1 cm³/mol. The highest BCUT2D eigenvalue weighted by Gasteiger charge is 2.17. The van der Waals surface area contributed by atoms with Gasteiger partial charge in [0.05, 0.1) is 10.5 Å². The maximum absolute atomic E-state index is 11.8. The minimum Gasteiger partial charge on any atom is -0.456 e. The van der Waals surface area contributed by atoms with Crippen molar-refractivity contribution in [3.05, 3.63) is 57.8 Å². The number of ether oxygens (including phenoxy) is 1. The maximum Gasteiger partial charge on any atom is 0.338 e. The lowest BCUT2D eigenvalue weighted by Crippen LogP contribution is -2.23. The van der Waals surface area contributed by atoms with E-state index in [-0.39, 0.29) is 5.97 Å². The van der Waals surface area contributed by atoms with Gasteiger partial charge in [0.2, 0.25) is 6.20 Å². The van der Waals surface area contributed by atoms with Crippen molar-refractivity contribution in [2.75, 3.05) is 0 Å². The minimum absolute atomic E-state index is 0.350. The minimum atomic E-state index is -0.511. The molecule has 0 radical (unpaired) electrons. The van der Waals surface area contributed by atoms with Crippen LogP contribution in [0, 0.1) is 10.1 Å². The van der Waals surface area contributed by atoms with Gasteiger partial charge in [0.25, 0.3) is 0 Å². The number of allylic oxidation sites excluding steroid dienone is 1. The van der Waals surface area contributed by atoms with Crippen molar-refractivity contribution >= 4 is 5.97 Å². The molecule has 1 aromatic rings. The molecular formula is C15H19NO4. The largest absolute Gasteiger partial charge is 0.456 e. The molecule has 0 aliphatic rings. The van der Waals surface area contributed by atoms with E-state index in [0.717, 1.165) is 11.8 Å². The van der Waals surface area contributed by atoms with Crippen molar-refractivity contribution in [2.45, 2.75) is 39.2 Å². The summed E-state index contributed by atoms with van der Waals surface area (Å²) in [6, 6.07) is 7.08. The quantitative estimate of drug-likeness (QED) is 0.470. The highest BCUT2D eigenvalue weighted by atomic mass is 16.6. The van der Waals surface area contributed by atoms with Gasteiger partial charge in [-0.25, -0.2) is 4.79 Å². The second-order valence-electron chi connectivity index (χ2n) is 5.41. The number of benzene rings is 1. The van der Waals surface area contributed by atoms with E-state index in [1.54, 1.807) is 12.1 Å². The Bertz CT molecular complexity index is 498. The third-order valence-electron chi connectivity index (χ3n) is 2.42. The summed E-state index contributed by atoms with van der Waals surface area (Å²) in [6.45, 7) is 5.46. The Balaban J connectivity index is 2.56. The van der Waals surface area contributed by atoms with Crippen LogP contribution in [0.25, 0.3) is 0 Å². The fourth-order valence-corrected chi connectivity index (χ4v) is 1.56. The Hall–Kier alpha value is -2.17. The molecule has 0 spiro atoms. The number of hydrogen-bond acceptors (Lipinski definition) is 4.